The molecule has 17 heteroatoms. The molecule has 1 amide bonds. The number of nitrogens with one attached hydrogen (secondary N) is 1. The largest absolute Gasteiger partial charge is 0.459 e. The number of aliphatic hydroxyl groups excluding tert-OH is 2. The fourth-order valence-electron chi connectivity index (χ4n) is 10.1. The first-order valence-electron chi connectivity index (χ1n) is 23.0. The quantitative estimate of drug-likeness (QED) is 0.194. The van der Waals surface area contributed by atoms with E-state index in [0.29, 0.717) is 24.4 Å². The summed E-state index contributed by atoms with van der Waals surface area (Å²) >= 11 is 6.31. The van der Waals surface area contributed by atoms with Gasteiger partial charge in [-0.3, -0.25) is 4.79 Å². The number of hydrogen-bond acceptors (Lipinski definition) is 15. The van der Waals surface area contributed by atoms with Gasteiger partial charge in [0.25, 0.3) is 0 Å². The zero-order valence-corrected chi connectivity index (χ0v) is 41.4. The molecule has 0 unspecified atom stereocenters. The fraction of sp³-hybridized carbons (Fsp3) is 0.830. The van der Waals surface area contributed by atoms with Crippen LogP contribution in [0.3, 0.4) is 0 Å². The summed E-state index contributed by atoms with van der Waals surface area (Å²) in [5, 5.41) is 51.3. The Morgan fingerprint density at radius 1 is 1.00 bits per heavy atom. The van der Waals surface area contributed by atoms with Crippen LogP contribution in [0.1, 0.15) is 100 Å². The van der Waals surface area contributed by atoms with Crippen LogP contribution in [0.2, 0.25) is 5.02 Å². The molecule has 0 aliphatic carbocycles. The lowest BCUT2D eigenvalue weighted by Gasteiger charge is -2.49. The first kappa shape index (κ1) is 54.4. The van der Waals surface area contributed by atoms with Crippen molar-refractivity contribution in [3.63, 3.8) is 0 Å². The minimum Gasteiger partial charge on any atom is -0.459 e. The molecule has 18 atom stereocenters. The van der Waals surface area contributed by atoms with Crippen LogP contribution < -0.4 is 5.32 Å². The zero-order valence-electron chi connectivity index (χ0n) is 40.7. The smallest absolute Gasteiger partial charge is 0.407 e. The van der Waals surface area contributed by atoms with Crippen molar-refractivity contribution in [2.45, 2.75) is 192 Å². The standard InChI is InChI=1S/C47H80ClN3O13/c1-15-35-47(10,57)39(53)30(6)51(13)25-26(2)23-45(8,56)40(63-43-37(52)34(50(11)12)22-27(3)59-43)28(4)38(29(5)42(54)61-35)62-36-24-46(9,58-14)41(31(7)60-36)64-44(55)49-21-20-32-18-16-17-19-33(32)48/h16-19,26-31,34-41,43,52-53,56-57H,15,20-25H2,1-14H3,(H,49,55)/t26-,27-,28+,29-,30-,31+,34+,35-,36+,37-,38+,39-,40-,41+,43+,45+,46-,47-/m1/s1. The molecule has 0 bridgehead atoms. The van der Waals surface area contributed by atoms with Gasteiger partial charge in [0.1, 0.15) is 29.5 Å². The number of hydrogen-bond donors (Lipinski definition) is 5. The summed E-state index contributed by atoms with van der Waals surface area (Å²) in [6.45, 7) is 18.3. The molecule has 3 aliphatic heterocycles. The van der Waals surface area contributed by atoms with Crippen LogP contribution in [-0.2, 0) is 44.4 Å². The second kappa shape index (κ2) is 22.7. The van der Waals surface area contributed by atoms with Crippen molar-refractivity contribution in [2.24, 2.45) is 17.8 Å². The lowest BCUT2D eigenvalue weighted by Crippen LogP contribution is -2.61. The molecule has 3 saturated heterocycles. The number of aliphatic hydroxyl groups is 4. The highest BCUT2D eigenvalue weighted by molar-refractivity contribution is 6.31. The number of halogens is 1. The van der Waals surface area contributed by atoms with Crippen LogP contribution in [0.25, 0.3) is 0 Å². The highest BCUT2D eigenvalue weighted by atomic mass is 35.5. The molecule has 16 nitrogen and oxygen atoms in total. The third-order valence-electron chi connectivity index (χ3n) is 14.0. The van der Waals surface area contributed by atoms with Gasteiger partial charge in [0.2, 0.25) is 0 Å². The Balaban J connectivity index is 1.72. The number of nitrogens with zero attached hydrogens (tertiary/aromatic N) is 2. The minimum absolute atomic E-state index is 0.0601. The molecular weight excluding hydrogens is 850 g/mol. The molecule has 0 saturated carbocycles. The number of ether oxygens (including phenoxy) is 7. The normalized spacial score (nSPS) is 42.3. The highest BCUT2D eigenvalue weighted by Crippen LogP contribution is 2.41. The van der Waals surface area contributed by atoms with Crippen LogP contribution in [-0.4, -0.2) is 174 Å². The van der Waals surface area contributed by atoms with Crippen LogP contribution in [0.5, 0.6) is 0 Å². The van der Waals surface area contributed by atoms with Crippen LogP contribution in [0, 0.1) is 17.8 Å². The van der Waals surface area contributed by atoms with Crippen molar-refractivity contribution >= 4 is 23.7 Å². The van der Waals surface area contributed by atoms with E-state index in [1.54, 1.807) is 47.6 Å². The second-order valence-electron chi connectivity index (χ2n) is 19.8. The predicted molar refractivity (Wildman–Crippen MR) is 242 cm³/mol. The van der Waals surface area contributed by atoms with Gasteiger partial charge in [-0.25, -0.2) is 4.79 Å². The van der Waals surface area contributed by atoms with Gasteiger partial charge in [-0.15, -0.1) is 0 Å². The van der Waals surface area contributed by atoms with Crippen molar-refractivity contribution in [2.75, 3.05) is 41.3 Å². The zero-order chi connectivity index (χ0) is 48.1. The Morgan fingerprint density at radius 3 is 2.27 bits per heavy atom. The summed E-state index contributed by atoms with van der Waals surface area (Å²) in [5.41, 5.74) is -3.70. The molecule has 0 spiro atoms. The van der Waals surface area contributed by atoms with Gasteiger partial charge >= 0.3 is 12.1 Å². The van der Waals surface area contributed by atoms with Gasteiger partial charge in [-0.05, 0) is 113 Å². The van der Waals surface area contributed by atoms with E-state index in [0.717, 1.165) is 5.56 Å². The lowest BCUT2D eigenvalue weighted by molar-refractivity contribution is -0.317. The molecule has 0 aromatic heterocycles. The summed E-state index contributed by atoms with van der Waals surface area (Å²) < 4.78 is 44.5. The molecule has 1 aromatic carbocycles. The topological polar surface area (TPSA) is 198 Å². The van der Waals surface area contributed by atoms with E-state index in [2.05, 4.69) is 5.32 Å². The van der Waals surface area contributed by atoms with Crippen molar-refractivity contribution in [1.29, 1.82) is 0 Å². The predicted octanol–water partition coefficient (Wildman–Crippen LogP) is 4.53. The summed E-state index contributed by atoms with van der Waals surface area (Å²) in [7, 11) is 7.10. The van der Waals surface area contributed by atoms with E-state index in [-0.39, 0.29) is 43.9 Å². The first-order valence-corrected chi connectivity index (χ1v) is 23.4. The number of carbonyl (C=O) groups excluding carboxylic acids is 2. The number of esters is 1. The third kappa shape index (κ3) is 13.1. The number of likely N-dealkylation sites (N-methyl/N-ethyl adjacent to an activating group) is 2. The Bertz CT molecular complexity index is 1660. The van der Waals surface area contributed by atoms with Crippen LogP contribution in [0.4, 0.5) is 4.79 Å². The number of methoxy groups -OCH3 is 1. The van der Waals surface area contributed by atoms with Crippen LogP contribution in [0.15, 0.2) is 24.3 Å². The van der Waals surface area contributed by atoms with Gasteiger partial charge in [-0.1, -0.05) is 50.6 Å². The fourth-order valence-corrected chi connectivity index (χ4v) is 10.3. The van der Waals surface area contributed by atoms with E-state index >= 15 is 0 Å². The van der Waals surface area contributed by atoms with Gasteiger partial charge in [0.15, 0.2) is 18.7 Å². The van der Waals surface area contributed by atoms with Crippen molar-refractivity contribution < 1.29 is 63.2 Å². The van der Waals surface area contributed by atoms with Crippen molar-refractivity contribution in [1.82, 2.24) is 15.1 Å². The van der Waals surface area contributed by atoms with E-state index in [4.69, 9.17) is 44.8 Å². The number of alkyl carbamates (subject to hydrolysis) is 1. The number of carbonyl (C=O) groups is 2. The number of cyclic esters (lactones) is 1. The molecule has 3 aliphatic rings. The molecule has 4 rings (SSSR count). The molecule has 3 heterocycles. The maximum Gasteiger partial charge on any atom is 0.407 e. The Morgan fingerprint density at radius 2 is 1.66 bits per heavy atom. The van der Waals surface area contributed by atoms with E-state index in [1.165, 1.54) is 14.0 Å². The van der Waals surface area contributed by atoms with Gasteiger partial charge in [-0.2, -0.15) is 0 Å². The van der Waals surface area contributed by atoms with Gasteiger partial charge < -0.3 is 68.7 Å². The Labute approximate surface area is 386 Å². The van der Waals surface area contributed by atoms with E-state index in [1.807, 2.05) is 69.9 Å². The average molecular weight is 931 g/mol. The summed E-state index contributed by atoms with van der Waals surface area (Å²) in [6, 6.07) is 6.53. The second-order valence-corrected chi connectivity index (χ2v) is 20.2. The van der Waals surface area contributed by atoms with Gasteiger partial charge in [0.05, 0.1) is 35.9 Å². The van der Waals surface area contributed by atoms with Crippen molar-refractivity contribution in [3.05, 3.63) is 34.9 Å². The molecular formula is C47H80ClN3O13. The lowest BCUT2D eigenvalue weighted by atomic mass is 9.77. The summed E-state index contributed by atoms with van der Waals surface area (Å²) in [6.07, 6.45) is -8.96. The monoisotopic (exact) mass is 930 g/mol. The van der Waals surface area contributed by atoms with Crippen molar-refractivity contribution in [3.8, 4) is 0 Å². The molecule has 368 valence electrons. The minimum atomic E-state index is -1.84. The number of rotatable bonds is 11. The van der Waals surface area contributed by atoms with E-state index < -0.39 is 102 Å². The number of benzene rings is 1. The molecule has 1 aromatic rings. The Hall–Kier alpha value is -2.19. The van der Waals surface area contributed by atoms with Crippen LogP contribution >= 0.6 is 11.6 Å². The molecule has 3 fully saturated rings. The molecule has 5 N–H and O–H groups in total. The molecule has 64 heavy (non-hydrogen) atoms. The van der Waals surface area contributed by atoms with Gasteiger partial charge in [0, 0.05) is 49.6 Å². The summed E-state index contributed by atoms with van der Waals surface area (Å²) in [4.78, 5) is 31.5. The highest BCUT2D eigenvalue weighted by Gasteiger charge is 2.53. The SMILES string of the molecule is CC[C@H]1OC(=O)[C@H](C)[C@@H](O[C@H]2C[C@@](C)(OC)[C@@H](OC(=O)NCCc3ccccc3Cl)[C@H](C)O2)[C@H](C)[C@@H](O[C@@H]2O[C@H](C)C[C@H](N(C)C)[C@H]2O)[C@@](C)(O)C[C@@H](C)CN(C)[C@H](C)[C@@H](O)[C@]1(C)O. The first-order chi connectivity index (χ1) is 29.8. The maximum atomic E-state index is 14.5. The van der Waals surface area contributed by atoms with E-state index in [9.17, 15) is 30.0 Å². The molecule has 0 radical (unpaired) electrons. The maximum absolute atomic E-state index is 14.5. The Kier molecular flexibility index (Phi) is 19.3. The average Bonchev–Trinajstić information content (AvgIpc) is 3.21. The summed E-state index contributed by atoms with van der Waals surface area (Å²) in [5.74, 6) is -2.78. The third-order valence-corrected chi connectivity index (χ3v) is 14.4. The number of amides is 1.